The van der Waals surface area contributed by atoms with E-state index in [9.17, 15) is 9.59 Å². The van der Waals surface area contributed by atoms with Crippen LogP contribution >= 0.6 is 0 Å². The molecule has 2 heterocycles. The van der Waals surface area contributed by atoms with Crippen molar-refractivity contribution in [1.29, 1.82) is 0 Å². The maximum atomic E-state index is 12.5. The lowest BCUT2D eigenvalue weighted by atomic mass is 10.2. The number of benzene rings is 2. The van der Waals surface area contributed by atoms with Gasteiger partial charge >= 0.3 is 5.97 Å². The SMILES string of the molecule is COc1ccc(-c2nc3ccc(C(=O)OC(C)C(=O)Nc4cc(C)on4)cc3[nH]2)cc1. The van der Waals surface area contributed by atoms with Gasteiger partial charge in [0.25, 0.3) is 5.91 Å². The quantitative estimate of drug-likeness (QED) is 0.456. The highest BCUT2D eigenvalue weighted by molar-refractivity contribution is 5.98. The third-order valence-electron chi connectivity index (χ3n) is 4.61. The Morgan fingerprint density at radius 3 is 2.58 bits per heavy atom. The number of aryl methyl sites for hydroxylation is 1. The lowest BCUT2D eigenvalue weighted by Crippen LogP contribution is -2.30. The first-order valence-corrected chi connectivity index (χ1v) is 9.52. The molecule has 0 saturated carbocycles. The molecule has 2 aromatic heterocycles. The minimum Gasteiger partial charge on any atom is -0.497 e. The van der Waals surface area contributed by atoms with Crippen molar-refractivity contribution in [3.05, 3.63) is 59.9 Å². The van der Waals surface area contributed by atoms with E-state index in [1.807, 2.05) is 24.3 Å². The predicted octanol–water partition coefficient (Wildman–Crippen LogP) is 3.72. The number of anilines is 1. The molecule has 0 bridgehead atoms. The van der Waals surface area contributed by atoms with E-state index in [4.69, 9.17) is 14.0 Å². The van der Waals surface area contributed by atoms with Crippen molar-refractivity contribution in [3.8, 4) is 17.1 Å². The van der Waals surface area contributed by atoms with Gasteiger partial charge in [0, 0.05) is 11.6 Å². The fraction of sp³-hybridized carbons (Fsp3) is 0.182. The summed E-state index contributed by atoms with van der Waals surface area (Å²) in [5.74, 6) is 1.10. The standard InChI is InChI=1S/C22H20N4O5/c1-12-10-19(26-31-12)25-21(27)13(2)30-22(28)15-6-9-17-18(11-15)24-20(23-17)14-4-7-16(29-3)8-5-14/h4-11,13H,1-3H3,(H,23,24)(H,25,26,27). The van der Waals surface area contributed by atoms with Crippen molar-refractivity contribution >= 4 is 28.7 Å². The summed E-state index contributed by atoms with van der Waals surface area (Å²) in [6, 6.07) is 14.0. The van der Waals surface area contributed by atoms with Crippen LogP contribution in [0.1, 0.15) is 23.0 Å². The molecule has 4 aromatic rings. The number of aromatic amines is 1. The van der Waals surface area contributed by atoms with Gasteiger partial charge in [-0.3, -0.25) is 4.79 Å². The molecule has 2 aromatic carbocycles. The van der Waals surface area contributed by atoms with Gasteiger partial charge in [-0.2, -0.15) is 0 Å². The fourth-order valence-corrected chi connectivity index (χ4v) is 2.96. The van der Waals surface area contributed by atoms with Crippen molar-refractivity contribution in [2.45, 2.75) is 20.0 Å². The Bertz CT molecular complexity index is 1240. The third kappa shape index (κ3) is 4.40. The molecule has 2 N–H and O–H groups in total. The summed E-state index contributed by atoms with van der Waals surface area (Å²) in [6.45, 7) is 3.19. The van der Waals surface area contributed by atoms with Crippen LogP contribution in [0.5, 0.6) is 5.75 Å². The number of nitrogens with zero attached hydrogens (tertiary/aromatic N) is 2. The minimum atomic E-state index is -1.02. The number of fused-ring (bicyclic) bond motifs is 1. The monoisotopic (exact) mass is 420 g/mol. The molecule has 1 unspecified atom stereocenters. The van der Waals surface area contributed by atoms with Gasteiger partial charge in [0.1, 0.15) is 17.3 Å². The van der Waals surface area contributed by atoms with Crippen LogP contribution in [0.3, 0.4) is 0 Å². The molecule has 0 spiro atoms. The molecule has 9 heteroatoms. The number of carbonyl (C=O) groups is 2. The molecule has 1 amide bonds. The van der Waals surface area contributed by atoms with E-state index >= 15 is 0 Å². The molecule has 31 heavy (non-hydrogen) atoms. The summed E-state index contributed by atoms with van der Waals surface area (Å²) in [4.78, 5) is 32.5. The van der Waals surface area contributed by atoms with E-state index < -0.39 is 18.0 Å². The summed E-state index contributed by atoms with van der Waals surface area (Å²) >= 11 is 0. The van der Waals surface area contributed by atoms with Crippen molar-refractivity contribution in [1.82, 2.24) is 15.1 Å². The second-order valence-electron chi connectivity index (χ2n) is 6.91. The van der Waals surface area contributed by atoms with Crippen molar-refractivity contribution < 1.29 is 23.6 Å². The van der Waals surface area contributed by atoms with Gasteiger partial charge in [0.15, 0.2) is 11.9 Å². The molecular weight excluding hydrogens is 400 g/mol. The molecule has 9 nitrogen and oxygen atoms in total. The Labute approximate surface area is 177 Å². The van der Waals surface area contributed by atoms with E-state index in [0.29, 0.717) is 28.2 Å². The number of esters is 1. The van der Waals surface area contributed by atoms with Crippen LogP contribution in [0.2, 0.25) is 0 Å². The first kappa shape index (κ1) is 20.1. The first-order valence-electron chi connectivity index (χ1n) is 9.52. The van der Waals surface area contributed by atoms with Crippen LogP contribution in [0, 0.1) is 6.92 Å². The van der Waals surface area contributed by atoms with Crippen molar-refractivity contribution in [2.24, 2.45) is 0 Å². The minimum absolute atomic E-state index is 0.260. The lowest BCUT2D eigenvalue weighted by molar-refractivity contribution is -0.123. The lowest BCUT2D eigenvalue weighted by Gasteiger charge is -2.12. The third-order valence-corrected chi connectivity index (χ3v) is 4.61. The van der Waals surface area contributed by atoms with E-state index in [1.54, 1.807) is 38.3 Å². The summed E-state index contributed by atoms with van der Waals surface area (Å²) in [5, 5.41) is 6.21. The zero-order valence-electron chi connectivity index (χ0n) is 17.1. The number of nitrogens with one attached hydrogen (secondary N) is 2. The van der Waals surface area contributed by atoms with E-state index in [0.717, 1.165) is 11.3 Å². The van der Waals surface area contributed by atoms with Crippen LogP contribution in [0.15, 0.2) is 53.1 Å². The second-order valence-corrected chi connectivity index (χ2v) is 6.91. The van der Waals surface area contributed by atoms with Gasteiger partial charge in [0.2, 0.25) is 0 Å². The highest BCUT2D eigenvalue weighted by Crippen LogP contribution is 2.23. The summed E-state index contributed by atoms with van der Waals surface area (Å²) < 4.78 is 15.3. The average Bonchev–Trinajstić information content (AvgIpc) is 3.38. The van der Waals surface area contributed by atoms with E-state index in [-0.39, 0.29) is 5.82 Å². The Balaban J connectivity index is 1.47. The Kier molecular flexibility index (Phi) is 5.40. The fourth-order valence-electron chi connectivity index (χ4n) is 2.96. The van der Waals surface area contributed by atoms with Crippen LogP contribution < -0.4 is 10.1 Å². The Morgan fingerprint density at radius 2 is 1.90 bits per heavy atom. The maximum Gasteiger partial charge on any atom is 0.338 e. The second kappa shape index (κ2) is 8.31. The first-order chi connectivity index (χ1) is 14.9. The molecule has 0 fully saturated rings. The smallest absolute Gasteiger partial charge is 0.338 e. The zero-order chi connectivity index (χ0) is 22.0. The molecular formula is C22H20N4O5. The van der Waals surface area contributed by atoms with E-state index in [1.165, 1.54) is 6.92 Å². The molecule has 0 aliphatic rings. The maximum absolute atomic E-state index is 12.5. The molecule has 0 saturated heterocycles. The Morgan fingerprint density at radius 1 is 1.13 bits per heavy atom. The van der Waals surface area contributed by atoms with Crippen LogP contribution in [0.4, 0.5) is 5.82 Å². The van der Waals surface area contributed by atoms with Crippen LogP contribution in [-0.2, 0) is 9.53 Å². The van der Waals surface area contributed by atoms with E-state index in [2.05, 4.69) is 20.4 Å². The van der Waals surface area contributed by atoms with Crippen molar-refractivity contribution in [3.63, 3.8) is 0 Å². The van der Waals surface area contributed by atoms with Gasteiger partial charge in [-0.1, -0.05) is 5.16 Å². The zero-order valence-corrected chi connectivity index (χ0v) is 17.1. The number of methoxy groups -OCH3 is 1. The van der Waals surface area contributed by atoms with Gasteiger partial charge < -0.3 is 24.3 Å². The molecule has 1 atom stereocenters. The molecule has 0 aliphatic carbocycles. The van der Waals surface area contributed by atoms with Gasteiger partial charge in [-0.25, -0.2) is 9.78 Å². The van der Waals surface area contributed by atoms with Gasteiger partial charge in [-0.05, 0) is 56.3 Å². The molecule has 4 rings (SSSR count). The largest absolute Gasteiger partial charge is 0.497 e. The normalized spacial score (nSPS) is 11.8. The van der Waals surface area contributed by atoms with Crippen LogP contribution in [0.25, 0.3) is 22.4 Å². The predicted molar refractivity (Wildman–Crippen MR) is 113 cm³/mol. The number of aromatic nitrogens is 3. The van der Waals surface area contributed by atoms with Crippen LogP contribution in [-0.4, -0.2) is 40.2 Å². The number of imidazole rings is 1. The van der Waals surface area contributed by atoms with Gasteiger partial charge in [0.05, 0.1) is 23.7 Å². The number of carbonyl (C=O) groups excluding carboxylic acids is 2. The number of hydrogen-bond donors (Lipinski definition) is 2. The highest BCUT2D eigenvalue weighted by atomic mass is 16.5. The Hall–Kier alpha value is -4.14. The summed E-state index contributed by atoms with van der Waals surface area (Å²) in [7, 11) is 1.61. The van der Waals surface area contributed by atoms with Gasteiger partial charge in [-0.15, -0.1) is 0 Å². The average molecular weight is 420 g/mol. The molecule has 158 valence electrons. The topological polar surface area (TPSA) is 119 Å². The molecule has 0 radical (unpaired) electrons. The van der Waals surface area contributed by atoms with Crippen molar-refractivity contribution in [2.75, 3.05) is 12.4 Å². The summed E-state index contributed by atoms with van der Waals surface area (Å²) in [5.41, 5.74) is 2.56. The summed E-state index contributed by atoms with van der Waals surface area (Å²) in [6.07, 6.45) is -1.02. The number of rotatable bonds is 6. The molecule has 0 aliphatic heterocycles. The number of amides is 1. The number of H-pyrrole nitrogens is 1. The highest BCUT2D eigenvalue weighted by Gasteiger charge is 2.20. The number of hydrogen-bond acceptors (Lipinski definition) is 7. The number of ether oxygens (including phenoxy) is 2.